The van der Waals surface area contributed by atoms with Crippen molar-refractivity contribution in [2.75, 3.05) is 19.5 Å². The summed E-state index contributed by atoms with van der Waals surface area (Å²) < 4.78 is 6.42. The first-order valence-electron chi connectivity index (χ1n) is 6.07. The molecule has 5 heteroatoms. The van der Waals surface area contributed by atoms with Gasteiger partial charge >= 0.3 is 0 Å². The Morgan fingerprint density at radius 1 is 1.30 bits per heavy atom. The number of nitrogens with one attached hydrogen (secondary N) is 1. The molecule has 2 rings (SSSR count). The van der Waals surface area contributed by atoms with Gasteiger partial charge in [0.25, 0.3) is 0 Å². The van der Waals surface area contributed by atoms with Crippen LogP contribution in [0.25, 0.3) is 0 Å². The number of halogens is 2. The van der Waals surface area contributed by atoms with Crippen LogP contribution in [0.3, 0.4) is 0 Å². The summed E-state index contributed by atoms with van der Waals surface area (Å²) in [5.74, 6) is 1.65. The Bertz CT molecular complexity index is 606. The second-order valence-corrected chi connectivity index (χ2v) is 6.44. The zero-order valence-corrected chi connectivity index (χ0v) is 14.4. The predicted molar refractivity (Wildman–Crippen MR) is 91.3 cm³/mol. The highest BCUT2D eigenvalue weighted by atomic mass is 79.9. The Balaban J connectivity index is 2.23. The molecule has 0 amide bonds. The molecule has 0 bridgehead atoms. The molecule has 0 atom stereocenters. The van der Waals surface area contributed by atoms with Crippen LogP contribution in [-0.2, 0) is 5.75 Å². The molecule has 0 aromatic heterocycles. The third-order valence-electron chi connectivity index (χ3n) is 2.89. The third-order valence-corrected chi connectivity index (χ3v) is 4.80. The van der Waals surface area contributed by atoms with Crippen molar-refractivity contribution in [3.05, 3.63) is 51.5 Å². The highest BCUT2D eigenvalue weighted by Crippen LogP contribution is 2.37. The molecule has 0 saturated heterocycles. The van der Waals surface area contributed by atoms with Crippen LogP contribution in [0.1, 0.15) is 5.56 Å². The van der Waals surface area contributed by atoms with Crippen molar-refractivity contribution in [2.24, 2.45) is 0 Å². The number of ether oxygens (including phenoxy) is 1. The molecule has 0 saturated carbocycles. The van der Waals surface area contributed by atoms with E-state index in [1.807, 2.05) is 37.4 Å². The van der Waals surface area contributed by atoms with Gasteiger partial charge in [-0.25, -0.2) is 0 Å². The van der Waals surface area contributed by atoms with Gasteiger partial charge in [-0.1, -0.05) is 33.6 Å². The van der Waals surface area contributed by atoms with Gasteiger partial charge in [0.2, 0.25) is 0 Å². The molecule has 0 unspecified atom stereocenters. The summed E-state index contributed by atoms with van der Waals surface area (Å²) in [6, 6.07) is 11.9. The van der Waals surface area contributed by atoms with E-state index in [0.29, 0.717) is 0 Å². The zero-order chi connectivity index (χ0) is 14.5. The maximum absolute atomic E-state index is 6.29. The summed E-state index contributed by atoms with van der Waals surface area (Å²) in [5, 5.41) is 3.95. The van der Waals surface area contributed by atoms with Gasteiger partial charge < -0.3 is 10.1 Å². The van der Waals surface area contributed by atoms with Crippen molar-refractivity contribution in [3.8, 4) is 5.75 Å². The van der Waals surface area contributed by atoms with Crippen molar-refractivity contribution in [2.45, 2.75) is 10.6 Å². The Labute approximate surface area is 137 Å². The lowest BCUT2D eigenvalue weighted by Gasteiger charge is -2.12. The van der Waals surface area contributed by atoms with Crippen LogP contribution in [0.2, 0.25) is 5.02 Å². The number of hydrogen-bond acceptors (Lipinski definition) is 3. The monoisotopic (exact) mass is 371 g/mol. The highest BCUT2D eigenvalue weighted by Gasteiger charge is 2.09. The number of benzene rings is 2. The lowest BCUT2D eigenvalue weighted by atomic mass is 10.2. The number of rotatable bonds is 5. The standard InChI is InChI=1S/C15H15BrClNOS/c1-18-13-5-3-4-12(17)11(13)9-20-15-8-10(16)6-7-14(15)19-2/h3-8,18H,9H2,1-2H3. The molecular weight excluding hydrogens is 358 g/mol. The van der Waals surface area contributed by atoms with E-state index in [0.717, 1.165) is 37.1 Å². The second-order valence-electron chi connectivity index (χ2n) is 4.10. The first kappa shape index (κ1) is 15.5. The first-order chi connectivity index (χ1) is 9.65. The van der Waals surface area contributed by atoms with Crippen molar-refractivity contribution in [1.82, 2.24) is 0 Å². The van der Waals surface area contributed by atoms with Crippen LogP contribution in [0.5, 0.6) is 5.75 Å². The van der Waals surface area contributed by atoms with Crippen molar-refractivity contribution in [3.63, 3.8) is 0 Å². The smallest absolute Gasteiger partial charge is 0.132 e. The summed E-state index contributed by atoms with van der Waals surface area (Å²) in [6.07, 6.45) is 0. The Kier molecular flexibility index (Phi) is 5.64. The quantitative estimate of drug-likeness (QED) is 0.706. The molecule has 2 aromatic rings. The first-order valence-corrected chi connectivity index (χ1v) is 8.23. The van der Waals surface area contributed by atoms with E-state index in [2.05, 4.69) is 27.3 Å². The van der Waals surface area contributed by atoms with Gasteiger partial charge in [0.05, 0.1) is 12.0 Å². The Morgan fingerprint density at radius 3 is 2.80 bits per heavy atom. The number of methoxy groups -OCH3 is 1. The van der Waals surface area contributed by atoms with Crippen molar-refractivity contribution in [1.29, 1.82) is 0 Å². The SMILES string of the molecule is CNc1cccc(Cl)c1CSc1cc(Br)ccc1OC. The molecule has 0 spiro atoms. The summed E-state index contributed by atoms with van der Waals surface area (Å²) in [5.41, 5.74) is 2.16. The van der Waals surface area contributed by atoms with Crippen LogP contribution in [0.4, 0.5) is 5.69 Å². The average Bonchev–Trinajstić information content (AvgIpc) is 2.46. The summed E-state index contributed by atoms with van der Waals surface area (Å²) in [4.78, 5) is 1.09. The topological polar surface area (TPSA) is 21.3 Å². The Hall–Kier alpha value is -0.840. The number of thioether (sulfide) groups is 1. The zero-order valence-electron chi connectivity index (χ0n) is 11.2. The molecule has 20 heavy (non-hydrogen) atoms. The van der Waals surface area contributed by atoms with Gasteiger partial charge in [0.15, 0.2) is 0 Å². The van der Waals surface area contributed by atoms with Crippen LogP contribution >= 0.6 is 39.3 Å². The molecule has 0 aliphatic carbocycles. The largest absolute Gasteiger partial charge is 0.496 e. The molecular formula is C15H15BrClNOS. The lowest BCUT2D eigenvalue weighted by molar-refractivity contribution is 0.404. The van der Waals surface area contributed by atoms with E-state index < -0.39 is 0 Å². The second kappa shape index (κ2) is 7.25. The average molecular weight is 373 g/mol. The van der Waals surface area contributed by atoms with Crippen molar-refractivity contribution >= 4 is 45.0 Å². The Morgan fingerprint density at radius 2 is 2.10 bits per heavy atom. The molecule has 0 aliphatic rings. The number of anilines is 1. The molecule has 0 fully saturated rings. The molecule has 1 N–H and O–H groups in total. The molecule has 0 heterocycles. The molecule has 2 aromatic carbocycles. The van der Waals surface area contributed by atoms with Gasteiger partial charge in [-0.15, -0.1) is 11.8 Å². The molecule has 106 valence electrons. The van der Waals surface area contributed by atoms with Crippen LogP contribution in [0, 0.1) is 0 Å². The molecule has 2 nitrogen and oxygen atoms in total. The predicted octanol–water partition coefficient (Wildman–Crippen LogP) is 5.45. The minimum absolute atomic E-state index is 0.776. The van der Waals surface area contributed by atoms with Crippen LogP contribution < -0.4 is 10.1 Å². The van der Waals surface area contributed by atoms with E-state index in [9.17, 15) is 0 Å². The normalized spacial score (nSPS) is 10.4. The summed E-state index contributed by atoms with van der Waals surface area (Å²) in [7, 11) is 3.58. The maximum atomic E-state index is 6.29. The van der Waals surface area contributed by atoms with E-state index >= 15 is 0 Å². The van der Waals surface area contributed by atoms with Gasteiger partial charge in [-0.05, 0) is 30.3 Å². The van der Waals surface area contributed by atoms with Crippen LogP contribution in [0.15, 0.2) is 45.8 Å². The minimum Gasteiger partial charge on any atom is -0.496 e. The van der Waals surface area contributed by atoms with Gasteiger partial charge in [-0.3, -0.25) is 0 Å². The van der Waals surface area contributed by atoms with E-state index in [4.69, 9.17) is 16.3 Å². The molecule has 0 radical (unpaired) electrons. The van der Waals surface area contributed by atoms with E-state index in [1.54, 1.807) is 18.9 Å². The van der Waals surface area contributed by atoms with Gasteiger partial charge in [0.1, 0.15) is 5.75 Å². The fourth-order valence-corrected chi connectivity index (χ4v) is 3.80. The van der Waals surface area contributed by atoms with Crippen LogP contribution in [-0.4, -0.2) is 14.2 Å². The molecule has 0 aliphatic heterocycles. The maximum Gasteiger partial charge on any atom is 0.132 e. The van der Waals surface area contributed by atoms with Gasteiger partial charge in [0, 0.05) is 33.5 Å². The minimum atomic E-state index is 0.776. The van der Waals surface area contributed by atoms with Crippen molar-refractivity contribution < 1.29 is 4.74 Å². The summed E-state index contributed by atoms with van der Waals surface area (Å²) >= 11 is 11.5. The lowest BCUT2D eigenvalue weighted by Crippen LogP contribution is -1.95. The van der Waals surface area contributed by atoms with Gasteiger partial charge in [-0.2, -0.15) is 0 Å². The third kappa shape index (κ3) is 3.62. The highest BCUT2D eigenvalue weighted by molar-refractivity contribution is 9.10. The summed E-state index contributed by atoms with van der Waals surface area (Å²) in [6.45, 7) is 0. The fraction of sp³-hybridized carbons (Fsp3) is 0.200. The van der Waals surface area contributed by atoms with E-state index in [-0.39, 0.29) is 0 Å². The van der Waals surface area contributed by atoms with E-state index in [1.165, 1.54) is 0 Å². The fourth-order valence-electron chi connectivity index (χ4n) is 1.85. The number of hydrogen-bond donors (Lipinski definition) is 1.